The highest BCUT2D eigenvalue weighted by Gasteiger charge is 2.16. The van der Waals surface area contributed by atoms with Gasteiger partial charge in [-0.3, -0.25) is 14.2 Å². The van der Waals surface area contributed by atoms with Crippen LogP contribution in [0.25, 0.3) is 5.69 Å². The Morgan fingerprint density at radius 3 is 2.53 bits per heavy atom. The lowest BCUT2D eigenvalue weighted by atomic mass is 10.1. The van der Waals surface area contributed by atoms with Gasteiger partial charge in [0.1, 0.15) is 5.82 Å². The summed E-state index contributed by atoms with van der Waals surface area (Å²) in [4.78, 5) is 36.2. The van der Waals surface area contributed by atoms with E-state index >= 15 is 0 Å². The fourth-order valence-corrected chi connectivity index (χ4v) is 3.27. The van der Waals surface area contributed by atoms with Gasteiger partial charge in [0, 0.05) is 43.7 Å². The molecule has 3 aromatic rings. The normalized spacial score (nSPS) is 10.9. The van der Waals surface area contributed by atoms with Crippen LogP contribution in [0.15, 0.2) is 46.1 Å². The molecule has 2 aromatic heterocycles. The van der Waals surface area contributed by atoms with E-state index in [0.29, 0.717) is 13.0 Å². The molecule has 0 aliphatic carbocycles. The first-order valence-electron chi connectivity index (χ1n) is 9.62. The number of halogens is 1. The molecule has 0 bridgehead atoms. The van der Waals surface area contributed by atoms with Crippen molar-refractivity contribution in [3.63, 3.8) is 0 Å². The first-order valence-corrected chi connectivity index (χ1v) is 9.62. The van der Waals surface area contributed by atoms with Gasteiger partial charge in [-0.1, -0.05) is 0 Å². The molecule has 0 aliphatic heterocycles. The molecule has 0 atom stereocenters. The fraction of sp³-hybridized carbons (Fsp3) is 0.333. The third-order valence-electron chi connectivity index (χ3n) is 4.97. The van der Waals surface area contributed by atoms with E-state index in [1.165, 1.54) is 29.0 Å². The minimum absolute atomic E-state index is 0.159. The highest BCUT2D eigenvalue weighted by Crippen LogP contribution is 2.18. The van der Waals surface area contributed by atoms with Gasteiger partial charge in [-0.2, -0.15) is 5.10 Å². The van der Waals surface area contributed by atoms with Crippen molar-refractivity contribution in [3.05, 3.63) is 80.1 Å². The standard InChI is InChI=1S/C21H24FN5O3/c1-14-18(15(2)27(24-14)17-7-5-16(22)6-8-17)13-19(28)23-10-4-11-26-20(29)9-12-25(3)21(26)30/h5-9,12H,4,10-11,13H2,1-3H3,(H,23,28). The van der Waals surface area contributed by atoms with Crippen molar-refractivity contribution in [1.29, 1.82) is 0 Å². The Morgan fingerprint density at radius 1 is 1.13 bits per heavy atom. The molecular weight excluding hydrogens is 389 g/mol. The van der Waals surface area contributed by atoms with E-state index in [1.807, 2.05) is 13.8 Å². The number of hydrogen-bond donors (Lipinski definition) is 1. The van der Waals surface area contributed by atoms with Crippen LogP contribution in [0, 0.1) is 19.7 Å². The number of amides is 1. The molecule has 1 N–H and O–H groups in total. The number of nitrogens with zero attached hydrogens (tertiary/aromatic N) is 4. The van der Waals surface area contributed by atoms with E-state index in [4.69, 9.17) is 0 Å². The van der Waals surface area contributed by atoms with Gasteiger partial charge in [-0.15, -0.1) is 0 Å². The topological polar surface area (TPSA) is 90.9 Å². The average molecular weight is 413 g/mol. The number of hydrogen-bond acceptors (Lipinski definition) is 4. The Bertz CT molecular complexity index is 1170. The number of benzene rings is 1. The highest BCUT2D eigenvalue weighted by molar-refractivity contribution is 5.79. The largest absolute Gasteiger partial charge is 0.356 e. The highest BCUT2D eigenvalue weighted by atomic mass is 19.1. The number of rotatable bonds is 7. The summed E-state index contributed by atoms with van der Waals surface area (Å²) in [6.45, 7) is 4.26. The maximum atomic E-state index is 13.2. The minimum atomic E-state index is -0.381. The Balaban J connectivity index is 1.59. The predicted octanol–water partition coefficient (Wildman–Crippen LogP) is 1.24. The van der Waals surface area contributed by atoms with Gasteiger partial charge in [-0.05, 0) is 44.5 Å². The maximum absolute atomic E-state index is 13.2. The summed E-state index contributed by atoms with van der Waals surface area (Å²) in [5, 5.41) is 7.28. The molecule has 0 saturated carbocycles. The third-order valence-corrected chi connectivity index (χ3v) is 4.97. The zero-order valence-corrected chi connectivity index (χ0v) is 17.2. The van der Waals surface area contributed by atoms with Crippen LogP contribution in [0.3, 0.4) is 0 Å². The van der Waals surface area contributed by atoms with Crippen molar-refractivity contribution in [2.45, 2.75) is 33.2 Å². The summed E-state index contributed by atoms with van der Waals surface area (Å²) in [6.07, 6.45) is 2.04. The second-order valence-electron chi connectivity index (χ2n) is 7.12. The Hall–Kier alpha value is -3.49. The maximum Gasteiger partial charge on any atom is 0.330 e. The quantitative estimate of drug-likeness (QED) is 0.590. The van der Waals surface area contributed by atoms with E-state index in [0.717, 1.165) is 27.2 Å². The summed E-state index contributed by atoms with van der Waals surface area (Å²) in [5.41, 5.74) is 2.33. The molecule has 0 saturated heterocycles. The summed E-state index contributed by atoms with van der Waals surface area (Å²) in [7, 11) is 1.58. The van der Waals surface area contributed by atoms with Crippen molar-refractivity contribution in [2.24, 2.45) is 7.05 Å². The molecule has 2 heterocycles. The van der Waals surface area contributed by atoms with E-state index < -0.39 is 0 Å². The molecular formula is C21H24FN5O3. The van der Waals surface area contributed by atoms with Gasteiger partial charge < -0.3 is 9.88 Å². The second-order valence-corrected chi connectivity index (χ2v) is 7.12. The van der Waals surface area contributed by atoms with Crippen LogP contribution in [0.5, 0.6) is 0 Å². The zero-order chi connectivity index (χ0) is 21.8. The second kappa shape index (κ2) is 8.89. The SMILES string of the molecule is Cc1nn(-c2ccc(F)cc2)c(C)c1CC(=O)NCCCn1c(=O)ccn(C)c1=O. The molecule has 3 rings (SSSR count). The lowest BCUT2D eigenvalue weighted by molar-refractivity contribution is -0.120. The monoisotopic (exact) mass is 413 g/mol. The van der Waals surface area contributed by atoms with Crippen LogP contribution >= 0.6 is 0 Å². The van der Waals surface area contributed by atoms with Gasteiger partial charge >= 0.3 is 5.69 Å². The molecule has 0 unspecified atom stereocenters. The number of aromatic nitrogens is 4. The lowest BCUT2D eigenvalue weighted by Crippen LogP contribution is -2.38. The predicted molar refractivity (Wildman–Crippen MR) is 110 cm³/mol. The van der Waals surface area contributed by atoms with E-state index in [9.17, 15) is 18.8 Å². The summed E-state index contributed by atoms with van der Waals surface area (Å²) in [6, 6.07) is 7.33. The van der Waals surface area contributed by atoms with Crippen molar-refractivity contribution in [2.75, 3.05) is 6.54 Å². The molecule has 8 nitrogen and oxygen atoms in total. The van der Waals surface area contributed by atoms with Crippen LogP contribution in [0.2, 0.25) is 0 Å². The van der Waals surface area contributed by atoms with Gasteiger partial charge in [0.05, 0.1) is 17.8 Å². The minimum Gasteiger partial charge on any atom is -0.356 e. The van der Waals surface area contributed by atoms with Crippen LogP contribution in [-0.4, -0.2) is 31.4 Å². The molecule has 0 aliphatic rings. The molecule has 9 heteroatoms. The van der Waals surface area contributed by atoms with Gasteiger partial charge in [0.25, 0.3) is 5.56 Å². The third kappa shape index (κ3) is 4.56. The molecule has 1 amide bonds. The molecule has 1 aromatic carbocycles. The summed E-state index contributed by atoms with van der Waals surface area (Å²) >= 11 is 0. The molecule has 30 heavy (non-hydrogen) atoms. The van der Waals surface area contributed by atoms with Crippen LogP contribution in [0.1, 0.15) is 23.4 Å². The van der Waals surface area contributed by atoms with Crippen LogP contribution < -0.4 is 16.6 Å². The molecule has 158 valence electrons. The summed E-state index contributed by atoms with van der Waals surface area (Å²) in [5.74, 6) is -0.497. The number of aryl methyl sites for hydroxylation is 2. The van der Waals surface area contributed by atoms with Crippen molar-refractivity contribution in [1.82, 2.24) is 24.2 Å². The molecule has 0 fully saturated rings. The van der Waals surface area contributed by atoms with E-state index in [2.05, 4.69) is 10.4 Å². The Kier molecular flexibility index (Phi) is 6.29. The van der Waals surface area contributed by atoms with Gasteiger partial charge in [-0.25, -0.2) is 13.9 Å². The summed E-state index contributed by atoms with van der Waals surface area (Å²) < 4.78 is 17.3. The number of nitrogens with one attached hydrogen (secondary N) is 1. The average Bonchev–Trinajstić information content (AvgIpc) is 2.99. The van der Waals surface area contributed by atoms with Crippen LogP contribution in [-0.2, 0) is 24.8 Å². The van der Waals surface area contributed by atoms with Crippen molar-refractivity contribution < 1.29 is 9.18 Å². The lowest BCUT2D eigenvalue weighted by Gasteiger charge is -2.08. The van der Waals surface area contributed by atoms with E-state index in [-0.39, 0.29) is 35.9 Å². The number of carbonyl (C=O) groups is 1. The van der Waals surface area contributed by atoms with Gasteiger partial charge in [0.15, 0.2) is 0 Å². The molecule has 0 spiro atoms. The van der Waals surface area contributed by atoms with E-state index in [1.54, 1.807) is 23.9 Å². The van der Waals surface area contributed by atoms with Crippen LogP contribution in [0.4, 0.5) is 4.39 Å². The van der Waals surface area contributed by atoms with Gasteiger partial charge in [0.2, 0.25) is 5.91 Å². The zero-order valence-electron chi connectivity index (χ0n) is 17.2. The first kappa shape index (κ1) is 21.2. The van der Waals surface area contributed by atoms with Crippen molar-refractivity contribution in [3.8, 4) is 5.69 Å². The Labute approximate surface area is 172 Å². The van der Waals surface area contributed by atoms with Crippen molar-refractivity contribution >= 4 is 5.91 Å². The Morgan fingerprint density at radius 2 is 1.83 bits per heavy atom. The number of carbonyl (C=O) groups excluding carboxylic acids is 1. The first-order chi connectivity index (χ1) is 14.3. The smallest absolute Gasteiger partial charge is 0.330 e. The molecule has 0 radical (unpaired) electrons. The fourth-order valence-electron chi connectivity index (χ4n) is 3.27.